The molecule has 7 heteroatoms. The van der Waals surface area contributed by atoms with Crippen LogP contribution in [0.5, 0.6) is 11.5 Å². The molecule has 0 atom stereocenters. The fourth-order valence-corrected chi connectivity index (χ4v) is 3.26. The van der Waals surface area contributed by atoms with Crippen LogP contribution in [0.3, 0.4) is 0 Å². The number of H-pyrrole nitrogens is 1. The summed E-state index contributed by atoms with van der Waals surface area (Å²) in [5.41, 5.74) is 2.80. The number of aryl methyl sites for hydroxylation is 1. The van der Waals surface area contributed by atoms with Crippen molar-refractivity contribution in [2.45, 2.75) is 26.7 Å². The van der Waals surface area contributed by atoms with E-state index in [0.717, 1.165) is 11.3 Å². The van der Waals surface area contributed by atoms with Gasteiger partial charge in [0.2, 0.25) is 0 Å². The monoisotopic (exact) mass is 414 g/mol. The molecule has 134 valence electrons. The average Bonchev–Trinajstić information content (AvgIpc) is 3.00. The van der Waals surface area contributed by atoms with Crippen LogP contribution in [-0.2, 0) is 0 Å². The van der Waals surface area contributed by atoms with Gasteiger partial charge in [0.15, 0.2) is 5.69 Å². The maximum Gasteiger partial charge on any atom is 0.277 e. The zero-order valence-corrected chi connectivity index (χ0v) is 16.3. The van der Waals surface area contributed by atoms with Crippen LogP contribution < -0.4 is 10.1 Å². The second-order valence-corrected chi connectivity index (χ2v) is 6.97. The number of aromatic nitrogens is 3. The molecule has 0 saturated heterocycles. The van der Waals surface area contributed by atoms with Crippen molar-refractivity contribution < 1.29 is 9.53 Å². The fourth-order valence-electron chi connectivity index (χ4n) is 2.44. The third kappa shape index (κ3) is 3.94. The lowest BCUT2D eigenvalue weighted by atomic mass is 10.1. The molecular formula is C19H19BrN4O2. The third-order valence-electron chi connectivity index (χ3n) is 3.82. The Kier molecular flexibility index (Phi) is 5.37. The van der Waals surface area contributed by atoms with Gasteiger partial charge in [-0.1, -0.05) is 13.8 Å². The van der Waals surface area contributed by atoms with Crippen molar-refractivity contribution in [1.29, 1.82) is 0 Å². The van der Waals surface area contributed by atoms with E-state index in [1.54, 1.807) is 18.5 Å². The van der Waals surface area contributed by atoms with Crippen molar-refractivity contribution >= 4 is 27.5 Å². The number of carbonyl (C=O) groups is 1. The summed E-state index contributed by atoms with van der Waals surface area (Å²) in [7, 11) is 0. The third-order valence-corrected chi connectivity index (χ3v) is 4.62. The van der Waals surface area contributed by atoms with Crippen molar-refractivity contribution in [2.75, 3.05) is 5.32 Å². The molecule has 0 bridgehead atoms. The van der Waals surface area contributed by atoms with E-state index in [9.17, 15) is 4.79 Å². The fraction of sp³-hybridized carbons (Fsp3) is 0.211. The number of rotatable bonds is 5. The molecule has 26 heavy (non-hydrogen) atoms. The summed E-state index contributed by atoms with van der Waals surface area (Å²) in [6.45, 7) is 5.98. The highest BCUT2D eigenvalue weighted by Gasteiger charge is 2.19. The molecule has 0 saturated carbocycles. The van der Waals surface area contributed by atoms with E-state index in [1.165, 1.54) is 0 Å². The molecule has 0 aliphatic heterocycles. The van der Waals surface area contributed by atoms with Crippen LogP contribution in [0.1, 0.15) is 41.5 Å². The van der Waals surface area contributed by atoms with Gasteiger partial charge in [0.1, 0.15) is 11.5 Å². The van der Waals surface area contributed by atoms with E-state index in [4.69, 9.17) is 4.74 Å². The molecule has 1 amide bonds. The number of halogens is 1. The van der Waals surface area contributed by atoms with Gasteiger partial charge in [0, 0.05) is 11.9 Å². The van der Waals surface area contributed by atoms with Crippen LogP contribution in [0.2, 0.25) is 0 Å². The number of nitrogens with one attached hydrogen (secondary N) is 2. The predicted molar refractivity (Wildman–Crippen MR) is 104 cm³/mol. The zero-order valence-electron chi connectivity index (χ0n) is 14.7. The Bertz CT molecular complexity index is 923. The number of pyridine rings is 1. The Labute approximate surface area is 160 Å². The van der Waals surface area contributed by atoms with Crippen LogP contribution in [0, 0.1) is 6.92 Å². The molecule has 2 aromatic heterocycles. The van der Waals surface area contributed by atoms with Crippen molar-refractivity contribution in [3.63, 3.8) is 0 Å². The molecule has 0 fully saturated rings. The molecule has 2 heterocycles. The summed E-state index contributed by atoms with van der Waals surface area (Å²) in [6.07, 6.45) is 3.34. The largest absolute Gasteiger partial charge is 0.455 e. The van der Waals surface area contributed by atoms with Crippen LogP contribution in [0.25, 0.3) is 0 Å². The van der Waals surface area contributed by atoms with Crippen molar-refractivity contribution in [1.82, 2.24) is 15.2 Å². The summed E-state index contributed by atoms with van der Waals surface area (Å²) in [5, 5.41) is 9.88. The first-order valence-electron chi connectivity index (χ1n) is 8.19. The van der Waals surface area contributed by atoms with Gasteiger partial charge < -0.3 is 10.1 Å². The molecular weight excluding hydrogens is 396 g/mol. The average molecular weight is 415 g/mol. The number of nitrogens with zero attached hydrogens (tertiary/aromatic N) is 2. The minimum absolute atomic E-state index is 0.240. The second-order valence-electron chi connectivity index (χ2n) is 6.18. The maximum atomic E-state index is 12.5. The van der Waals surface area contributed by atoms with E-state index < -0.39 is 0 Å². The van der Waals surface area contributed by atoms with Gasteiger partial charge in [-0.2, -0.15) is 5.10 Å². The smallest absolute Gasteiger partial charge is 0.277 e. The normalized spacial score (nSPS) is 10.8. The van der Waals surface area contributed by atoms with Crippen molar-refractivity contribution in [3.8, 4) is 11.5 Å². The molecule has 0 radical (unpaired) electrons. The highest BCUT2D eigenvalue weighted by molar-refractivity contribution is 9.10. The molecule has 0 unspecified atom stereocenters. The van der Waals surface area contributed by atoms with E-state index in [-0.39, 0.29) is 11.8 Å². The quantitative estimate of drug-likeness (QED) is 0.612. The lowest BCUT2D eigenvalue weighted by molar-refractivity contribution is 0.102. The Morgan fingerprint density at radius 2 is 2.12 bits per heavy atom. The Hall–Kier alpha value is -2.67. The summed E-state index contributed by atoms with van der Waals surface area (Å²) in [5.74, 6) is 1.33. The summed E-state index contributed by atoms with van der Waals surface area (Å²) in [4.78, 5) is 16.5. The number of anilines is 1. The first kappa shape index (κ1) is 18.1. The van der Waals surface area contributed by atoms with Crippen LogP contribution in [0.15, 0.2) is 47.2 Å². The SMILES string of the molecule is Cc1cc(NC(=O)c2n[nH]c(C(C)C)c2Br)ccc1Oc1cccnc1. The minimum Gasteiger partial charge on any atom is -0.455 e. The topological polar surface area (TPSA) is 79.9 Å². The Morgan fingerprint density at radius 1 is 1.31 bits per heavy atom. The van der Waals surface area contributed by atoms with E-state index in [2.05, 4.69) is 36.4 Å². The van der Waals surface area contributed by atoms with Crippen LogP contribution in [0.4, 0.5) is 5.69 Å². The molecule has 2 N–H and O–H groups in total. The van der Waals surface area contributed by atoms with Crippen LogP contribution in [-0.4, -0.2) is 21.1 Å². The number of hydrogen-bond donors (Lipinski definition) is 2. The van der Waals surface area contributed by atoms with Crippen molar-refractivity contribution in [3.05, 3.63) is 64.1 Å². The maximum absolute atomic E-state index is 12.5. The summed E-state index contributed by atoms with van der Waals surface area (Å²) >= 11 is 3.45. The van der Waals surface area contributed by atoms with E-state index >= 15 is 0 Å². The molecule has 0 aliphatic carbocycles. The van der Waals surface area contributed by atoms with Gasteiger partial charge in [-0.3, -0.25) is 14.9 Å². The summed E-state index contributed by atoms with van der Waals surface area (Å²) in [6, 6.07) is 9.11. The first-order valence-corrected chi connectivity index (χ1v) is 8.98. The van der Waals surface area contributed by atoms with Gasteiger partial charge in [0.25, 0.3) is 5.91 Å². The lowest BCUT2D eigenvalue weighted by Crippen LogP contribution is -2.13. The van der Waals surface area contributed by atoms with Gasteiger partial charge in [-0.25, -0.2) is 0 Å². The highest BCUT2D eigenvalue weighted by Crippen LogP contribution is 2.28. The molecule has 0 spiro atoms. The van der Waals surface area contributed by atoms with Gasteiger partial charge in [-0.15, -0.1) is 0 Å². The number of ether oxygens (including phenoxy) is 1. The predicted octanol–water partition coefficient (Wildman–Crippen LogP) is 5.04. The van der Waals surface area contributed by atoms with E-state index in [1.807, 2.05) is 45.0 Å². The van der Waals surface area contributed by atoms with Gasteiger partial charge in [-0.05, 0) is 64.7 Å². The number of carbonyl (C=O) groups excluding carboxylic acids is 1. The zero-order chi connectivity index (χ0) is 18.7. The molecule has 0 aliphatic rings. The Balaban J connectivity index is 1.74. The number of hydrogen-bond acceptors (Lipinski definition) is 4. The molecule has 3 aromatic rings. The van der Waals surface area contributed by atoms with Gasteiger partial charge in [0.05, 0.1) is 16.4 Å². The Morgan fingerprint density at radius 3 is 2.73 bits per heavy atom. The number of aromatic amines is 1. The molecule has 1 aromatic carbocycles. The number of amides is 1. The summed E-state index contributed by atoms with van der Waals surface area (Å²) < 4.78 is 6.50. The molecule has 3 rings (SSSR count). The number of benzene rings is 1. The standard InChI is InChI=1S/C19H19BrN4O2/c1-11(2)17-16(20)18(24-23-17)19(25)22-13-6-7-15(12(3)9-13)26-14-5-4-8-21-10-14/h4-11H,1-3H3,(H,22,25)(H,23,24). The van der Waals surface area contributed by atoms with Crippen LogP contribution >= 0.6 is 15.9 Å². The highest BCUT2D eigenvalue weighted by atomic mass is 79.9. The van der Waals surface area contributed by atoms with Gasteiger partial charge >= 0.3 is 0 Å². The second kappa shape index (κ2) is 7.70. The minimum atomic E-state index is -0.277. The van der Waals surface area contributed by atoms with E-state index in [0.29, 0.717) is 27.4 Å². The molecule has 6 nitrogen and oxygen atoms in total. The lowest BCUT2D eigenvalue weighted by Gasteiger charge is -2.10. The van der Waals surface area contributed by atoms with Crippen molar-refractivity contribution in [2.24, 2.45) is 0 Å². The first-order chi connectivity index (χ1) is 12.5.